The van der Waals surface area contributed by atoms with Gasteiger partial charge in [0, 0.05) is 17.1 Å². The fourth-order valence-corrected chi connectivity index (χ4v) is 3.82. The van der Waals surface area contributed by atoms with E-state index in [1.807, 2.05) is 36.4 Å². The lowest BCUT2D eigenvalue weighted by Crippen LogP contribution is -2.06. The topological polar surface area (TPSA) is 68.6 Å². The Morgan fingerprint density at radius 2 is 1.71 bits per heavy atom. The summed E-state index contributed by atoms with van der Waals surface area (Å²) in [4.78, 5) is 29.3. The Morgan fingerprint density at radius 3 is 2.58 bits per heavy atom. The maximum Gasteiger partial charge on any atom is 0.279 e. The Bertz CT molecular complexity index is 1070. The van der Waals surface area contributed by atoms with Gasteiger partial charge in [-0.05, 0) is 42.1 Å². The molecular weight excluding hydrogens is 340 g/mol. The summed E-state index contributed by atoms with van der Waals surface area (Å²) in [6, 6.07) is 14.9. The number of benzene rings is 1. The van der Waals surface area contributed by atoms with Gasteiger partial charge in [0.25, 0.3) is 5.56 Å². The van der Waals surface area contributed by atoms with E-state index in [2.05, 4.69) is 19.9 Å². The highest BCUT2D eigenvalue weighted by Gasteiger charge is 2.09. The van der Waals surface area contributed by atoms with Crippen molar-refractivity contribution in [3.05, 3.63) is 71.3 Å². The van der Waals surface area contributed by atoms with E-state index in [-0.39, 0.29) is 5.56 Å². The summed E-state index contributed by atoms with van der Waals surface area (Å²) in [5, 5.41) is 2.62. The lowest BCUT2D eigenvalue weighted by Gasteiger charge is -2.03. The number of nitrogens with zero attached hydrogens (tertiary/aromatic N) is 4. The Morgan fingerprint density at radius 1 is 0.875 bits per heavy atom. The zero-order valence-electron chi connectivity index (χ0n) is 12.3. The lowest BCUT2D eigenvalue weighted by atomic mass is 10.3. The van der Waals surface area contributed by atoms with Crippen LogP contribution in [0, 0.1) is 0 Å². The Labute approximate surface area is 145 Å². The minimum atomic E-state index is -0.231. The van der Waals surface area contributed by atoms with Crippen molar-refractivity contribution in [3.8, 4) is 10.7 Å². The maximum absolute atomic E-state index is 12.2. The molecule has 24 heavy (non-hydrogen) atoms. The first kappa shape index (κ1) is 14.9. The van der Waals surface area contributed by atoms with Gasteiger partial charge in [0.05, 0.1) is 5.39 Å². The van der Waals surface area contributed by atoms with E-state index in [0.717, 1.165) is 9.73 Å². The SMILES string of the molecule is O=c1nc(-c2cccc(Sc3ncccn3)n2)sc2ccccc12. The second kappa shape index (κ2) is 6.46. The van der Waals surface area contributed by atoms with Crippen LogP contribution in [0.1, 0.15) is 0 Å². The van der Waals surface area contributed by atoms with E-state index in [4.69, 9.17) is 0 Å². The van der Waals surface area contributed by atoms with Crippen LogP contribution in [0.5, 0.6) is 0 Å². The van der Waals surface area contributed by atoms with Gasteiger partial charge in [-0.1, -0.05) is 18.2 Å². The highest BCUT2D eigenvalue weighted by atomic mass is 32.2. The molecule has 0 unspecified atom stereocenters. The van der Waals surface area contributed by atoms with E-state index < -0.39 is 0 Å². The molecule has 4 aromatic rings. The molecule has 0 saturated heterocycles. The van der Waals surface area contributed by atoms with Crippen molar-refractivity contribution in [2.75, 3.05) is 0 Å². The monoisotopic (exact) mass is 350 g/mol. The second-order valence-electron chi connectivity index (χ2n) is 4.81. The van der Waals surface area contributed by atoms with Crippen molar-refractivity contribution in [2.45, 2.75) is 10.2 Å². The maximum atomic E-state index is 12.2. The van der Waals surface area contributed by atoms with Gasteiger partial charge in [-0.3, -0.25) is 4.79 Å². The average Bonchev–Trinajstić information content (AvgIpc) is 2.63. The van der Waals surface area contributed by atoms with E-state index in [1.54, 1.807) is 24.5 Å². The Kier molecular flexibility index (Phi) is 4.02. The molecule has 5 nitrogen and oxygen atoms in total. The number of pyridine rings is 1. The molecule has 0 bridgehead atoms. The fourth-order valence-electron chi connectivity index (χ4n) is 2.14. The molecule has 7 heteroatoms. The first-order valence-electron chi connectivity index (χ1n) is 7.12. The third kappa shape index (κ3) is 3.04. The molecule has 0 atom stereocenters. The van der Waals surface area contributed by atoms with Gasteiger partial charge in [-0.15, -0.1) is 11.3 Å². The first-order valence-corrected chi connectivity index (χ1v) is 8.75. The molecule has 1 aromatic carbocycles. The van der Waals surface area contributed by atoms with Crippen LogP contribution in [0.3, 0.4) is 0 Å². The van der Waals surface area contributed by atoms with Crippen molar-refractivity contribution < 1.29 is 0 Å². The molecule has 0 N–H and O–H groups in total. The van der Waals surface area contributed by atoms with Gasteiger partial charge in [0.2, 0.25) is 0 Å². The normalized spacial score (nSPS) is 10.8. The second-order valence-corrected chi connectivity index (χ2v) is 6.83. The highest BCUT2D eigenvalue weighted by Crippen LogP contribution is 2.28. The molecule has 0 aliphatic heterocycles. The molecule has 0 radical (unpaired) electrons. The average molecular weight is 350 g/mol. The van der Waals surface area contributed by atoms with Gasteiger partial charge in [0.1, 0.15) is 15.7 Å². The standard InChI is InChI=1S/C17H10N4OS2/c22-15-11-5-1-2-7-13(11)23-16(21-15)12-6-3-8-14(20-12)24-17-18-9-4-10-19-17/h1-10H. The predicted octanol–water partition coefficient (Wildman–Crippen LogP) is 3.66. The van der Waals surface area contributed by atoms with Crippen molar-refractivity contribution in [1.29, 1.82) is 0 Å². The van der Waals surface area contributed by atoms with Crippen molar-refractivity contribution in [2.24, 2.45) is 0 Å². The van der Waals surface area contributed by atoms with Crippen LogP contribution in [0.25, 0.3) is 20.8 Å². The first-order chi connectivity index (χ1) is 11.8. The van der Waals surface area contributed by atoms with Gasteiger partial charge in [-0.25, -0.2) is 15.0 Å². The van der Waals surface area contributed by atoms with Crippen LogP contribution in [0.15, 0.2) is 75.9 Å². The van der Waals surface area contributed by atoms with Crippen LogP contribution >= 0.6 is 23.1 Å². The molecule has 0 saturated carbocycles. The largest absolute Gasteiger partial charge is 0.279 e. The number of hydrogen-bond acceptors (Lipinski definition) is 7. The fraction of sp³-hybridized carbons (Fsp3) is 0. The molecule has 0 amide bonds. The summed E-state index contributed by atoms with van der Waals surface area (Å²) < 4.78 is 0.902. The van der Waals surface area contributed by atoms with Crippen LogP contribution in [0.2, 0.25) is 0 Å². The van der Waals surface area contributed by atoms with Gasteiger partial charge in [-0.2, -0.15) is 4.98 Å². The summed E-state index contributed by atoms with van der Waals surface area (Å²) in [7, 11) is 0. The van der Waals surface area contributed by atoms with Crippen LogP contribution < -0.4 is 5.56 Å². The van der Waals surface area contributed by atoms with E-state index >= 15 is 0 Å². The predicted molar refractivity (Wildman–Crippen MR) is 95.3 cm³/mol. The van der Waals surface area contributed by atoms with Crippen molar-refractivity contribution >= 4 is 33.2 Å². The molecular formula is C17H10N4OS2. The van der Waals surface area contributed by atoms with Crippen molar-refractivity contribution in [1.82, 2.24) is 19.9 Å². The lowest BCUT2D eigenvalue weighted by molar-refractivity contribution is 0.960. The van der Waals surface area contributed by atoms with Gasteiger partial charge >= 0.3 is 0 Å². The number of aromatic nitrogens is 4. The Balaban J connectivity index is 1.75. The molecule has 0 spiro atoms. The zero-order valence-corrected chi connectivity index (χ0v) is 13.9. The van der Waals surface area contributed by atoms with E-state index in [0.29, 0.717) is 21.2 Å². The van der Waals surface area contributed by atoms with E-state index in [9.17, 15) is 4.79 Å². The molecule has 4 rings (SSSR count). The third-order valence-corrected chi connectivity index (χ3v) is 5.11. The summed E-state index contributed by atoms with van der Waals surface area (Å²) in [6.45, 7) is 0. The van der Waals surface area contributed by atoms with Gasteiger partial charge in [0.15, 0.2) is 5.16 Å². The molecule has 3 aromatic heterocycles. The summed E-state index contributed by atoms with van der Waals surface area (Å²) in [5.74, 6) is 0. The Hall–Kier alpha value is -2.64. The molecule has 3 heterocycles. The highest BCUT2D eigenvalue weighted by molar-refractivity contribution is 7.99. The zero-order chi connectivity index (χ0) is 16.4. The number of hydrogen-bond donors (Lipinski definition) is 0. The number of rotatable bonds is 3. The summed E-state index contributed by atoms with van der Waals surface area (Å²) in [6.07, 6.45) is 3.38. The summed E-state index contributed by atoms with van der Waals surface area (Å²) >= 11 is 2.82. The number of fused-ring (bicyclic) bond motifs is 1. The minimum Gasteiger partial charge on any atom is -0.267 e. The quantitative estimate of drug-likeness (QED) is 0.525. The van der Waals surface area contributed by atoms with Crippen LogP contribution in [-0.2, 0) is 0 Å². The molecule has 0 aliphatic carbocycles. The molecule has 0 fully saturated rings. The van der Waals surface area contributed by atoms with Crippen LogP contribution in [0.4, 0.5) is 0 Å². The summed E-state index contributed by atoms with van der Waals surface area (Å²) in [5.41, 5.74) is 0.439. The third-order valence-electron chi connectivity index (χ3n) is 3.21. The van der Waals surface area contributed by atoms with E-state index in [1.165, 1.54) is 23.1 Å². The molecule has 0 aliphatic rings. The minimum absolute atomic E-state index is 0.231. The molecule has 116 valence electrons. The van der Waals surface area contributed by atoms with Crippen molar-refractivity contribution in [3.63, 3.8) is 0 Å². The van der Waals surface area contributed by atoms with Gasteiger partial charge < -0.3 is 0 Å². The van der Waals surface area contributed by atoms with Crippen LogP contribution in [-0.4, -0.2) is 19.9 Å². The smallest absolute Gasteiger partial charge is 0.267 e.